The Morgan fingerprint density at radius 2 is 1.91 bits per heavy atom. The number of benzene rings is 2. The number of nitro benzene ring substituents is 1. The third-order valence-corrected chi connectivity index (χ3v) is 6.34. The summed E-state index contributed by atoms with van der Waals surface area (Å²) in [5.74, 6) is 2.22. The molecule has 1 amide bonds. The normalized spacial score (nSPS) is 13.2. The number of hydrogen-bond donors (Lipinski definition) is 1. The van der Waals surface area contributed by atoms with Crippen molar-refractivity contribution in [1.82, 2.24) is 20.1 Å². The van der Waals surface area contributed by atoms with E-state index in [1.807, 2.05) is 25.5 Å². The number of thioether (sulfide) groups is 1. The van der Waals surface area contributed by atoms with E-state index in [0.29, 0.717) is 33.8 Å². The fourth-order valence-electron chi connectivity index (χ4n) is 3.38. The molecule has 1 aromatic heterocycles. The number of carbonyl (C=O) groups excluding carboxylic acids is 1. The molecule has 1 aliphatic heterocycles. The lowest BCUT2D eigenvalue weighted by Gasteiger charge is -2.21. The van der Waals surface area contributed by atoms with Gasteiger partial charge in [-0.05, 0) is 29.7 Å². The lowest BCUT2D eigenvalue weighted by molar-refractivity contribution is -0.384. The highest BCUT2D eigenvalue weighted by Gasteiger charge is 2.26. The number of amides is 1. The first-order valence-corrected chi connectivity index (χ1v) is 11.3. The smallest absolute Gasteiger partial charge is 0.269 e. The fraction of sp³-hybridized carbons (Fsp3) is 0.318. The van der Waals surface area contributed by atoms with Crippen LogP contribution in [0.25, 0.3) is 0 Å². The van der Waals surface area contributed by atoms with E-state index < -0.39 is 4.92 Å². The first kappa shape index (κ1) is 22.6. The lowest BCUT2D eigenvalue weighted by Crippen LogP contribution is -2.33. The molecule has 0 aliphatic carbocycles. The summed E-state index contributed by atoms with van der Waals surface area (Å²) in [7, 11) is 1.86. The number of nitrogens with one attached hydrogen (secondary N) is 1. The van der Waals surface area contributed by atoms with Crippen LogP contribution in [-0.4, -0.2) is 32.4 Å². The maximum absolute atomic E-state index is 12.9. The molecule has 10 nitrogen and oxygen atoms in total. The van der Waals surface area contributed by atoms with E-state index in [1.165, 1.54) is 23.9 Å². The zero-order chi connectivity index (χ0) is 23.5. The Balaban J connectivity index is 1.46. The number of nitro groups is 1. The van der Waals surface area contributed by atoms with Gasteiger partial charge in [-0.1, -0.05) is 37.7 Å². The van der Waals surface area contributed by atoms with Gasteiger partial charge in [-0.2, -0.15) is 0 Å². The molecule has 1 N–H and O–H groups in total. The Morgan fingerprint density at radius 1 is 1.18 bits per heavy atom. The van der Waals surface area contributed by atoms with Crippen LogP contribution in [0.4, 0.5) is 5.69 Å². The SMILES string of the molecule is CC(C)[C@@H](NC(=O)c1ccc2c(c1)OCO2)c1nnc(SCc2ccc([N+](=O)[O-])cc2)n1C. The molecule has 4 rings (SSSR count). The lowest BCUT2D eigenvalue weighted by atomic mass is 10.0. The minimum absolute atomic E-state index is 0.0580. The third kappa shape index (κ3) is 4.92. The molecule has 11 heteroatoms. The quantitative estimate of drug-likeness (QED) is 0.300. The van der Waals surface area contributed by atoms with E-state index in [4.69, 9.17) is 9.47 Å². The third-order valence-electron chi connectivity index (χ3n) is 5.25. The highest BCUT2D eigenvalue weighted by atomic mass is 32.2. The summed E-state index contributed by atoms with van der Waals surface area (Å²) in [6.45, 7) is 4.15. The van der Waals surface area contributed by atoms with Gasteiger partial charge in [-0.25, -0.2) is 0 Å². The van der Waals surface area contributed by atoms with Crippen LogP contribution in [0.3, 0.4) is 0 Å². The van der Waals surface area contributed by atoms with Crippen molar-refractivity contribution in [2.45, 2.75) is 30.8 Å². The predicted molar refractivity (Wildman–Crippen MR) is 121 cm³/mol. The number of hydrogen-bond acceptors (Lipinski definition) is 8. The van der Waals surface area contributed by atoms with Crippen molar-refractivity contribution in [3.05, 3.63) is 69.5 Å². The van der Waals surface area contributed by atoms with Crippen LogP contribution in [0.5, 0.6) is 11.5 Å². The van der Waals surface area contributed by atoms with Crippen LogP contribution < -0.4 is 14.8 Å². The molecular formula is C22H23N5O5S. The molecule has 0 spiro atoms. The summed E-state index contributed by atoms with van der Waals surface area (Å²) in [5, 5.41) is 23.2. The molecule has 1 aliphatic rings. The molecular weight excluding hydrogens is 446 g/mol. The van der Waals surface area contributed by atoms with Crippen LogP contribution >= 0.6 is 11.8 Å². The zero-order valence-electron chi connectivity index (χ0n) is 18.3. The topological polar surface area (TPSA) is 121 Å². The van der Waals surface area contributed by atoms with Crippen molar-refractivity contribution >= 4 is 23.4 Å². The first-order valence-electron chi connectivity index (χ1n) is 10.3. The standard InChI is InChI=1S/C22H23N5O5S/c1-13(2)19(23-21(28)15-6-9-17-18(10-15)32-12-31-17)20-24-25-22(26(20)3)33-11-14-4-7-16(8-5-14)27(29)30/h4-10,13,19H,11-12H2,1-3H3,(H,23,28)/t19-/m1/s1. The maximum Gasteiger partial charge on any atom is 0.269 e. The molecule has 1 atom stereocenters. The average Bonchev–Trinajstić information content (AvgIpc) is 3.41. The van der Waals surface area contributed by atoms with Gasteiger partial charge in [0.1, 0.15) is 0 Å². The molecule has 0 unspecified atom stereocenters. The Hall–Kier alpha value is -3.60. The van der Waals surface area contributed by atoms with E-state index in [1.54, 1.807) is 30.3 Å². The number of nitrogens with zero attached hydrogens (tertiary/aromatic N) is 4. The van der Waals surface area contributed by atoms with E-state index in [2.05, 4.69) is 15.5 Å². The Bertz CT molecular complexity index is 1180. The molecule has 172 valence electrons. The molecule has 3 aromatic rings. The molecule has 33 heavy (non-hydrogen) atoms. The molecule has 0 saturated heterocycles. The van der Waals surface area contributed by atoms with Crippen LogP contribution in [0.2, 0.25) is 0 Å². The summed E-state index contributed by atoms with van der Waals surface area (Å²) in [6.07, 6.45) is 0. The van der Waals surface area contributed by atoms with Gasteiger partial charge in [0.2, 0.25) is 6.79 Å². The van der Waals surface area contributed by atoms with Crippen molar-refractivity contribution < 1.29 is 19.2 Å². The molecule has 2 heterocycles. The van der Waals surface area contributed by atoms with Gasteiger partial charge < -0.3 is 19.4 Å². The number of carbonyl (C=O) groups is 1. The highest BCUT2D eigenvalue weighted by molar-refractivity contribution is 7.98. The number of non-ortho nitro benzene ring substituents is 1. The second-order valence-electron chi connectivity index (χ2n) is 7.88. The Labute approximate surface area is 194 Å². The van der Waals surface area contributed by atoms with Gasteiger partial charge >= 0.3 is 0 Å². The van der Waals surface area contributed by atoms with Gasteiger partial charge in [0.05, 0.1) is 11.0 Å². The van der Waals surface area contributed by atoms with Gasteiger partial charge in [0.25, 0.3) is 11.6 Å². The molecule has 2 aromatic carbocycles. The van der Waals surface area contributed by atoms with E-state index >= 15 is 0 Å². The van der Waals surface area contributed by atoms with Gasteiger partial charge in [-0.3, -0.25) is 14.9 Å². The molecule has 0 saturated carbocycles. The Kier molecular flexibility index (Phi) is 6.50. The summed E-state index contributed by atoms with van der Waals surface area (Å²) in [5.41, 5.74) is 1.47. The second kappa shape index (κ2) is 9.49. The number of ether oxygens (including phenoxy) is 2. The Morgan fingerprint density at radius 3 is 2.61 bits per heavy atom. The summed E-state index contributed by atoms with van der Waals surface area (Å²) in [6, 6.07) is 11.2. The predicted octanol–water partition coefficient (Wildman–Crippen LogP) is 3.87. The number of aromatic nitrogens is 3. The number of fused-ring (bicyclic) bond motifs is 1. The largest absolute Gasteiger partial charge is 0.454 e. The van der Waals surface area contributed by atoms with Gasteiger partial charge in [-0.15, -0.1) is 10.2 Å². The minimum Gasteiger partial charge on any atom is -0.454 e. The van der Waals surface area contributed by atoms with E-state index in [-0.39, 0.29) is 30.3 Å². The van der Waals surface area contributed by atoms with Crippen LogP contribution in [0.1, 0.15) is 41.6 Å². The fourth-order valence-corrected chi connectivity index (χ4v) is 4.25. The van der Waals surface area contributed by atoms with Gasteiger partial charge in [0.15, 0.2) is 22.5 Å². The first-order chi connectivity index (χ1) is 15.8. The van der Waals surface area contributed by atoms with Crippen molar-refractivity contribution in [3.63, 3.8) is 0 Å². The van der Waals surface area contributed by atoms with Crippen molar-refractivity contribution in [2.75, 3.05) is 6.79 Å². The minimum atomic E-state index is -0.421. The van der Waals surface area contributed by atoms with Crippen LogP contribution in [0, 0.1) is 16.0 Å². The highest BCUT2D eigenvalue weighted by Crippen LogP contribution is 2.33. The van der Waals surface area contributed by atoms with Crippen molar-refractivity contribution in [1.29, 1.82) is 0 Å². The summed E-state index contributed by atoms with van der Waals surface area (Å²) in [4.78, 5) is 23.3. The average molecular weight is 470 g/mol. The van der Waals surface area contributed by atoms with Crippen LogP contribution in [0.15, 0.2) is 47.6 Å². The molecule has 0 radical (unpaired) electrons. The van der Waals surface area contributed by atoms with Crippen molar-refractivity contribution in [2.24, 2.45) is 13.0 Å². The summed E-state index contributed by atoms with van der Waals surface area (Å²) < 4.78 is 12.5. The van der Waals surface area contributed by atoms with E-state index in [9.17, 15) is 14.9 Å². The van der Waals surface area contributed by atoms with Gasteiger partial charge in [0, 0.05) is 30.5 Å². The monoisotopic (exact) mass is 469 g/mol. The second-order valence-corrected chi connectivity index (χ2v) is 8.82. The van der Waals surface area contributed by atoms with Crippen molar-refractivity contribution in [3.8, 4) is 11.5 Å². The molecule has 0 bridgehead atoms. The number of rotatable bonds is 8. The summed E-state index contributed by atoms with van der Waals surface area (Å²) >= 11 is 1.47. The molecule has 0 fully saturated rings. The van der Waals surface area contributed by atoms with Crippen LogP contribution in [-0.2, 0) is 12.8 Å². The maximum atomic E-state index is 12.9. The zero-order valence-corrected chi connectivity index (χ0v) is 19.2. The van der Waals surface area contributed by atoms with E-state index in [0.717, 1.165) is 5.56 Å².